The minimum Gasteiger partial charge on any atom is -0.391 e. The van der Waals surface area contributed by atoms with Crippen LogP contribution in [-0.4, -0.2) is 30.8 Å². The van der Waals surface area contributed by atoms with Gasteiger partial charge in [-0.15, -0.1) is 0 Å². The normalized spacial score (nSPS) is 11.5. The standard InChI is InChI=1S/C26H31BN4O/c1-15-9-22-24(29-13-15)8-7-20(25(22)27)12-21(28-6)11-17(3)26(32)30-14-23-16(2)10-18(4)31-19(23)5/h7-11,13,28H,3,12,14,27H2,1-2,4-6H3,(H,30,32)/b21-11-. The van der Waals surface area contributed by atoms with Gasteiger partial charge in [0.2, 0.25) is 0 Å². The van der Waals surface area contributed by atoms with E-state index in [1.807, 2.05) is 52.2 Å². The zero-order valence-electron chi connectivity index (χ0n) is 19.9. The van der Waals surface area contributed by atoms with Gasteiger partial charge >= 0.3 is 0 Å². The molecule has 0 bridgehead atoms. The summed E-state index contributed by atoms with van der Waals surface area (Å²) in [6.07, 6.45) is 4.39. The van der Waals surface area contributed by atoms with Crippen LogP contribution < -0.4 is 16.1 Å². The fourth-order valence-corrected chi connectivity index (χ4v) is 3.97. The number of amides is 1. The first kappa shape index (κ1) is 23.3. The molecule has 0 unspecified atom stereocenters. The molecule has 32 heavy (non-hydrogen) atoms. The Bertz CT molecular complexity index is 1210. The van der Waals surface area contributed by atoms with E-state index in [0.717, 1.165) is 44.7 Å². The predicted octanol–water partition coefficient (Wildman–Crippen LogP) is 2.64. The predicted molar refractivity (Wildman–Crippen MR) is 135 cm³/mol. The van der Waals surface area contributed by atoms with Crippen LogP contribution in [0, 0.1) is 27.7 Å². The van der Waals surface area contributed by atoms with Gasteiger partial charge in [0.1, 0.15) is 7.85 Å². The Labute approximate surface area is 191 Å². The smallest absolute Gasteiger partial charge is 0.251 e. The number of fused-ring (bicyclic) bond motifs is 1. The average Bonchev–Trinajstić information content (AvgIpc) is 2.74. The minimum atomic E-state index is -0.188. The number of allylic oxidation sites excluding steroid dienone is 1. The monoisotopic (exact) mass is 426 g/mol. The first-order valence-corrected chi connectivity index (χ1v) is 10.8. The molecule has 0 fully saturated rings. The molecule has 2 heterocycles. The van der Waals surface area contributed by atoms with Gasteiger partial charge in [0.25, 0.3) is 5.91 Å². The van der Waals surface area contributed by atoms with Crippen molar-refractivity contribution in [3.63, 3.8) is 0 Å². The summed E-state index contributed by atoms with van der Waals surface area (Å²) in [4.78, 5) is 21.7. The molecule has 2 N–H and O–H groups in total. The van der Waals surface area contributed by atoms with Crippen molar-refractivity contribution in [2.45, 2.75) is 40.7 Å². The molecule has 0 saturated carbocycles. The van der Waals surface area contributed by atoms with Crippen molar-refractivity contribution < 1.29 is 4.79 Å². The molecule has 0 spiro atoms. The summed E-state index contributed by atoms with van der Waals surface area (Å²) in [5.41, 5.74) is 9.97. The molecule has 3 rings (SSSR count). The molecule has 0 aliphatic carbocycles. The van der Waals surface area contributed by atoms with Crippen LogP contribution in [-0.2, 0) is 17.8 Å². The first-order valence-electron chi connectivity index (χ1n) is 10.8. The number of aryl methyl sites for hydroxylation is 4. The minimum absolute atomic E-state index is 0.188. The molecule has 1 amide bonds. The van der Waals surface area contributed by atoms with E-state index in [2.05, 4.69) is 54.1 Å². The van der Waals surface area contributed by atoms with Crippen molar-refractivity contribution in [3.8, 4) is 0 Å². The van der Waals surface area contributed by atoms with E-state index < -0.39 is 0 Å². The molecule has 0 saturated heterocycles. The highest BCUT2D eigenvalue weighted by molar-refractivity contribution is 6.39. The summed E-state index contributed by atoms with van der Waals surface area (Å²) in [5.74, 6) is -0.188. The topological polar surface area (TPSA) is 66.9 Å². The van der Waals surface area contributed by atoms with Gasteiger partial charge in [0.05, 0.1) is 5.52 Å². The zero-order chi connectivity index (χ0) is 23.4. The van der Waals surface area contributed by atoms with Crippen molar-refractivity contribution in [2.75, 3.05) is 7.05 Å². The van der Waals surface area contributed by atoms with Crippen LogP contribution in [0.3, 0.4) is 0 Å². The molecular weight excluding hydrogens is 395 g/mol. The van der Waals surface area contributed by atoms with E-state index in [-0.39, 0.29) is 5.91 Å². The highest BCUT2D eigenvalue weighted by atomic mass is 16.1. The van der Waals surface area contributed by atoms with Crippen LogP contribution >= 0.6 is 0 Å². The van der Waals surface area contributed by atoms with Gasteiger partial charge < -0.3 is 10.6 Å². The summed E-state index contributed by atoms with van der Waals surface area (Å²) < 4.78 is 0. The summed E-state index contributed by atoms with van der Waals surface area (Å²) in [6, 6.07) is 8.35. The van der Waals surface area contributed by atoms with Gasteiger partial charge in [-0.05, 0) is 79.6 Å². The SMILES string of the molecule is Bc1c(C/C(=C/C(=C)C(=O)NCc2c(C)cc(C)nc2C)NC)ccc2ncc(C)cc12. The number of pyridine rings is 2. The Balaban J connectivity index is 1.73. The number of benzene rings is 1. The Morgan fingerprint density at radius 3 is 2.62 bits per heavy atom. The molecule has 0 radical (unpaired) electrons. The molecule has 0 aliphatic heterocycles. The number of aromatic nitrogens is 2. The first-order chi connectivity index (χ1) is 15.2. The average molecular weight is 426 g/mol. The Morgan fingerprint density at radius 1 is 1.19 bits per heavy atom. The van der Waals surface area contributed by atoms with E-state index in [1.165, 1.54) is 11.0 Å². The third kappa shape index (κ3) is 5.25. The van der Waals surface area contributed by atoms with Gasteiger partial charge in [-0.3, -0.25) is 14.8 Å². The molecule has 0 atom stereocenters. The van der Waals surface area contributed by atoms with Crippen molar-refractivity contribution in [1.82, 2.24) is 20.6 Å². The highest BCUT2D eigenvalue weighted by Gasteiger charge is 2.11. The Kier molecular flexibility index (Phi) is 7.13. The van der Waals surface area contributed by atoms with Gasteiger partial charge in [-0.1, -0.05) is 18.1 Å². The summed E-state index contributed by atoms with van der Waals surface area (Å²) in [6.45, 7) is 12.5. The fraction of sp³-hybridized carbons (Fsp3) is 0.269. The molecule has 2 aromatic heterocycles. The van der Waals surface area contributed by atoms with Crippen LogP contribution in [0.5, 0.6) is 0 Å². The highest BCUT2D eigenvalue weighted by Crippen LogP contribution is 2.16. The van der Waals surface area contributed by atoms with Gasteiger partial charge in [-0.2, -0.15) is 0 Å². The van der Waals surface area contributed by atoms with Crippen LogP contribution in [0.4, 0.5) is 0 Å². The number of hydrogen-bond donors (Lipinski definition) is 2. The number of nitrogens with zero attached hydrogens (tertiary/aromatic N) is 2. The number of rotatable bonds is 7. The molecule has 6 heteroatoms. The van der Waals surface area contributed by atoms with Crippen molar-refractivity contribution in [2.24, 2.45) is 0 Å². The Hall–Kier alpha value is -3.41. The maximum absolute atomic E-state index is 12.7. The number of nitrogens with one attached hydrogen (secondary N) is 2. The van der Waals surface area contributed by atoms with Crippen LogP contribution in [0.15, 0.2) is 54.4 Å². The summed E-state index contributed by atoms with van der Waals surface area (Å²) in [7, 11) is 3.98. The van der Waals surface area contributed by atoms with E-state index >= 15 is 0 Å². The molecule has 5 nitrogen and oxygen atoms in total. The molecule has 3 aromatic rings. The third-order valence-corrected chi connectivity index (χ3v) is 5.83. The Morgan fingerprint density at radius 2 is 1.94 bits per heavy atom. The van der Waals surface area contributed by atoms with Crippen molar-refractivity contribution in [3.05, 3.63) is 88.0 Å². The van der Waals surface area contributed by atoms with Gasteiger partial charge in [0, 0.05) is 48.9 Å². The van der Waals surface area contributed by atoms with E-state index in [1.54, 1.807) is 0 Å². The lowest BCUT2D eigenvalue weighted by atomic mass is 9.84. The van der Waals surface area contributed by atoms with Crippen molar-refractivity contribution in [1.29, 1.82) is 0 Å². The maximum atomic E-state index is 12.7. The van der Waals surface area contributed by atoms with Crippen LogP contribution in [0.2, 0.25) is 0 Å². The van der Waals surface area contributed by atoms with Crippen LogP contribution in [0.1, 0.15) is 33.6 Å². The quantitative estimate of drug-likeness (QED) is 0.346. The number of hydrogen-bond acceptors (Lipinski definition) is 4. The molecule has 1 aromatic carbocycles. The van der Waals surface area contributed by atoms with E-state index in [0.29, 0.717) is 18.5 Å². The number of likely N-dealkylation sites (N-methyl/N-ethyl adjacent to an activating group) is 1. The lowest BCUT2D eigenvalue weighted by Crippen LogP contribution is -2.25. The zero-order valence-corrected chi connectivity index (χ0v) is 19.9. The second-order valence-electron chi connectivity index (χ2n) is 8.38. The van der Waals surface area contributed by atoms with E-state index in [9.17, 15) is 4.79 Å². The largest absolute Gasteiger partial charge is 0.391 e. The van der Waals surface area contributed by atoms with Gasteiger partial charge in [-0.25, -0.2) is 0 Å². The van der Waals surface area contributed by atoms with Crippen LogP contribution in [0.25, 0.3) is 10.9 Å². The maximum Gasteiger partial charge on any atom is 0.251 e. The summed E-state index contributed by atoms with van der Waals surface area (Å²) in [5, 5.41) is 7.35. The second-order valence-corrected chi connectivity index (χ2v) is 8.38. The van der Waals surface area contributed by atoms with Crippen molar-refractivity contribution >= 4 is 30.1 Å². The lowest BCUT2D eigenvalue weighted by molar-refractivity contribution is -0.117. The number of carbonyl (C=O) groups is 1. The lowest BCUT2D eigenvalue weighted by Gasteiger charge is -2.14. The molecule has 164 valence electrons. The fourth-order valence-electron chi connectivity index (χ4n) is 3.97. The molecule has 0 aliphatic rings. The van der Waals surface area contributed by atoms with E-state index in [4.69, 9.17) is 0 Å². The second kappa shape index (κ2) is 9.81. The van der Waals surface area contributed by atoms with Gasteiger partial charge in [0.15, 0.2) is 0 Å². The molecular formula is C26H31BN4O. The number of carbonyl (C=O) groups excluding carboxylic acids is 1. The third-order valence-electron chi connectivity index (χ3n) is 5.83. The summed E-state index contributed by atoms with van der Waals surface area (Å²) >= 11 is 0.